The molecule has 2 aliphatic carbocycles. The van der Waals surface area contributed by atoms with Crippen molar-refractivity contribution in [2.24, 2.45) is 11.8 Å². The molecule has 2 rings (SSSR count). The highest BCUT2D eigenvalue weighted by molar-refractivity contribution is 5.78. The van der Waals surface area contributed by atoms with Crippen LogP contribution in [0, 0.1) is 11.8 Å². The number of aliphatic hydroxyl groups is 1. The fourth-order valence-electron chi connectivity index (χ4n) is 3.22. The monoisotopic (exact) mass is 239 g/mol. The van der Waals surface area contributed by atoms with E-state index in [1.165, 1.54) is 32.1 Å². The van der Waals surface area contributed by atoms with Crippen molar-refractivity contribution in [1.29, 1.82) is 0 Å². The molecule has 3 heteroatoms. The number of rotatable bonds is 4. The Morgan fingerprint density at radius 3 is 2.29 bits per heavy atom. The summed E-state index contributed by atoms with van der Waals surface area (Å²) >= 11 is 0. The molecule has 1 unspecified atom stereocenters. The molecule has 0 heterocycles. The predicted molar refractivity (Wildman–Crippen MR) is 67.5 cm³/mol. The molecular formula is C14H25NO2. The summed E-state index contributed by atoms with van der Waals surface area (Å²) in [5.74, 6) is 0.790. The molecule has 2 aliphatic rings. The second-order valence-electron chi connectivity index (χ2n) is 5.69. The van der Waals surface area contributed by atoms with Crippen molar-refractivity contribution in [3.63, 3.8) is 0 Å². The predicted octanol–water partition coefficient (Wildman–Crippen LogP) is 2.23. The quantitative estimate of drug-likeness (QED) is 0.790. The van der Waals surface area contributed by atoms with Gasteiger partial charge in [-0.05, 0) is 31.6 Å². The molecule has 0 saturated heterocycles. The Labute approximate surface area is 104 Å². The lowest BCUT2D eigenvalue weighted by molar-refractivity contribution is -0.125. The molecule has 98 valence electrons. The summed E-state index contributed by atoms with van der Waals surface area (Å²) in [7, 11) is 0. The van der Waals surface area contributed by atoms with Gasteiger partial charge >= 0.3 is 0 Å². The van der Waals surface area contributed by atoms with Crippen molar-refractivity contribution in [3.05, 3.63) is 0 Å². The molecule has 0 aromatic heterocycles. The van der Waals surface area contributed by atoms with Crippen LogP contribution in [0.3, 0.4) is 0 Å². The standard InChI is InChI=1S/C14H25NO2/c16-13(11-6-2-1-3-7-11)10-15-14(17)12-8-4-5-9-12/h11-13,16H,1-10H2,(H,15,17). The number of aliphatic hydroxyl groups excluding tert-OH is 1. The van der Waals surface area contributed by atoms with E-state index in [2.05, 4.69) is 5.32 Å². The maximum absolute atomic E-state index is 11.8. The Morgan fingerprint density at radius 2 is 1.65 bits per heavy atom. The Kier molecular flexibility index (Phi) is 4.84. The minimum Gasteiger partial charge on any atom is -0.391 e. The van der Waals surface area contributed by atoms with Crippen molar-refractivity contribution in [1.82, 2.24) is 5.32 Å². The van der Waals surface area contributed by atoms with E-state index >= 15 is 0 Å². The van der Waals surface area contributed by atoms with Gasteiger partial charge in [0.25, 0.3) is 0 Å². The molecule has 0 radical (unpaired) electrons. The SMILES string of the molecule is O=C(NCC(O)C1CCCCC1)C1CCCC1. The average molecular weight is 239 g/mol. The van der Waals surface area contributed by atoms with Crippen LogP contribution in [0.25, 0.3) is 0 Å². The number of carbonyl (C=O) groups is 1. The average Bonchev–Trinajstić information content (AvgIpc) is 2.90. The summed E-state index contributed by atoms with van der Waals surface area (Å²) in [4.78, 5) is 11.8. The van der Waals surface area contributed by atoms with Crippen LogP contribution in [0.1, 0.15) is 57.8 Å². The van der Waals surface area contributed by atoms with Gasteiger partial charge in [-0.1, -0.05) is 32.1 Å². The molecule has 1 amide bonds. The minimum absolute atomic E-state index is 0.164. The molecule has 0 aromatic carbocycles. The van der Waals surface area contributed by atoms with Gasteiger partial charge in [-0.3, -0.25) is 4.79 Å². The third kappa shape index (κ3) is 3.70. The van der Waals surface area contributed by atoms with E-state index in [0.717, 1.165) is 25.7 Å². The van der Waals surface area contributed by atoms with Crippen LogP contribution >= 0.6 is 0 Å². The summed E-state index contributed by atoms with van der Waals surface area (Å²) < 4.78 is 0. The van der Waals surface area contributed by atoms with Gasteiger partial charge in [0.1, 0.15) is 0 Å². The summed E-state index contributed by atoms with van der Waals surface area (Å²) in [6.45, 7) is 0.458. The highest BCUT2D eigenvalue weighted by Crippen LogP contribution is 2.27. The van der Waals surface area contributed by atoms with Crippen molar-refractivity contribution in [2.75, 3.05) is 6.54 Å². The molecular weight excluding hydrogens is 214 g/mol. The second-order valence-corrected chi connectivity index (χ2v) is 5.69. The van der Waals surface area contributed by atoms with Crippen molar-refractivity contribution >= 4 is 5.91 Å². The summed E-state index contributed by atoms with van der Waals surface area (Å²) in [5.41, 5.74) is 0. The first-order chi connectivity index (χ1) is 8.27. The normalized spacial score (nSPS) is 24.8. The molecule has 1 atom stereocenters. The van der Waals surface area contributed by atoms with E-state index in [9.17, 15) is 9.90 Å². The van der Waals surface area contributed by atoms with Gasteiger partial charge in [0.2, 0.25) is 5.91 Å². The van der Waals surface area contributed by atoms with Crippen molar-refractivity contribution in [2.45, 2.75) is 63.9 Å². The van der Waals surface area contributed by atoms with Crippen LogP contribution in [0.5, 0.6) is 0 Å². The highest BCUT2D eigenvalue weighted by Gasteiger charge is 2.25. The molecule has 3 nitrogen and oxygen atoms in total. The Hall–Kier alpha value is -0.570. The Bertz CT molecular complexity index is 243. The molecule has 2 fully saturated rings. The fraction of sp³-hybridized carbons (Fsp3) is 0.929. The first-order valence-electron chi connectivity index (χ1n) is 7.23. The van der Waals surface area contributed by atoms with Gasteiger partial charge < -0.3 is 10.4 Å². The van der Waals surface area contributed by atoms with Crippen LogP contribution in [0.15, 0.2) is 0 Å². The summed E-state index contributed by atoms with van der Waals surface area (Å²) in [6, 6.07) is 0. The lowest BCUT2D eigenvalue weighted by Gasteiger charge is -2.27. The van der Waals surface area contributed by atoms with Crippen LogP contribution in [-0.4, -0.2) is 23.7 Å². The first-order valence-corrected chi connectivity index (χ1v) is 7.23. The molecule has 2 N–H and O–H groups in total. The van der Waals surface area contributed by atoms with Crippen LogP contribution in [0.2, 0.25) is 0 Å². The number of hydrogen-bond donors (Lipinski definition) is 2. The van der Waals surface area contributed by atoms with E-state index in [0.29, 0.717) is 12.5 Å². The zero-order valence-corrected chi connectivity index (χ0v) is 10.7. The van der Waals surface area contributed by atoms with Gasteiger partial charge in [-0.2, -0.15) is 0 Å². The zero-order chi connectivity index (χ0) is 12.1. The molecule has 0 bridgehead atoms. The maximum Gasteiger partial charge on any atom is 0.223 e. The summed E-state index contributed by atoms with van der Waals surface area (Å²) in [6.07, 6.45) is 10.1. The molecule has 0 spiro atoms. The third-order valence-corrected chi connectivity index (χ3v) is 4.41. The first kappa shape index (κ1) is 12.9. The molecule has 0 aromatic rings. The van der Waals surface area contributed by atoms with Gasteiger partial charge in [0, 0.05) is 12.5 Å². The van der Waals surface area contributed by atoms with Crippen molar-refractivity contribution < 1.29 is 9.90 Å². The van der Waals surface area contributed by atoms with E-state index in [-0.39, 0.29) is 17.9 Å². The maximum atomic E-state index is 11.8. The molecule has 0 aliphatic heterocycles. The van der Waals surface area contributed by atoms with Crippen LogP contribution in [0.4, 0.5) is 0 Å². The van der Waals surface area contributed by atoms with Gasteiger partial charge in [-0.15, -0.1) is 0 Å². The van der Waals surface area contributed by atoms with Crippen LogP contribution in [-0.2, 0) is 4.79 Å². The number of nitrogens with one attached hydrogen (secondary N) is 1. The number of hydrogen-bond acceptors (Lipinski definition) is 2. The molecule has 2 saturated carbocycles. The Morgan fingerprint density at radius 1 is 1.06 bits per heavy atom. The number of amides is 1. The van der Waals surface area contributed by atoms with Crippen molar-refractivity contribution in [3.8, 4) is 0 Å². The largest absolute Gasteiger partial charge is 0.391 e. The van der Waals surface area contributed by atoms with E-state index in [1.807, 2.05) is 0 Å². The lowest BCUT2D eigenvalue weighted by Crippen LogP contribution is -2.39. The smallest absolute Gasteiger partial charge is 0.223 e. The second kappa shape index (κ2) is 6.39. The fourth-order valence-corrected chi connectivity index (χ4v) is 3.22. The van der Waals surface area contributed by atoms with Gasteiger partial charge in [0.15, 0.2) is 0 Å². The topological polar surface area (TPSA) is 49.3 Å². The van der Waals surface area contributed by atoms with Crippen LogP contribution < -0.4 is 5.32 Å². The highest BCUT2D eigenvalue weighted by atomic mass is 16.3. The van der Waals surface area contributed by atoms with E-state index in [4.69, 9.17) is 0 Å². The van der Waals surface area contributed by atoms with Gasteiger partial charge in [0.05, 0.1) is 6.10 Å². The van der Waals surface area contributed by atoms with Gasteiger partial charge in [-0.25, -0.2) is 0 Å². The minimum atomic E-state index is -0.333. The summed E-state index contributed by atoms with van der Waals surface area (Å²) in [5, 5.41) is 13.0. The number of carbonyl (C=O) groups excluding carboxylic acids is 1. The Balaban J connectivity index is 1.67. The zero-order valence-electron chi connectivity index (χ0n) is 10.7. The third-order valence-electron chi connectivity index (χ3n) is 4.41. The van der Waals surface area contributed by atoms with E-state index in [1.54, 1.807) is 0 Å². The lowest BCUT2D eigenvalue weighted by atomic mass is 9.85. The van der Waals surface area contributed by atoms with E-state index < -0.39 is 0 Å². The molecule has 17 heavy (non-hydrogen) atoms.